The highest BCUT2D eigenvalue weighted by Crippen LogP contribution is 2.30. The highest BCUT2D eigenvalue weighted by atomic mass is 16.5. The van der Waals surface area contributed by atoms with Gasteiger partial charge >= 0.3 is 0 Å². The molecule has 6 amide bonds. The fraction of sp³-hybridized carbons (Fsp3) is 0.394. The number of rotatable bonds is 6. The first kappa shape index (κ1) is 30.5. The maximum Gasteiger partial charge on any atom is 0.263 e. The van der Waals surface area contributed by atoms with Crippen LogP contribution in [0, 0.1) is 17.3 Å². The molecule has 11 heteroatoms. The summed E-state index contributed by atoms with van der Waals surface area (Å²) in [6, 6.07) is 9.25. The van der Waals surface area contributed by atoms with Crippen LogP contribution in [0.3, 0.4) is 0 Å². The number of hydrogen-bond acceptors (Lipinski definition) is 7. The van der Waals surface area contributed by atoms with Gasteiger partial charge in [0.1, 0.15) is 11.8 Å². The Kier molecular flexibility index (Phi) is 8.54. The standard InChI is InChI=1S/C33H34N4O7/c1-33(2,3)17-28(40)36-15-13-20-9-10-23(16-22(20)18-36)44-19-27(39)34-14-5-7-21-6-4-8-24-29(21)32(43)37(31(24)42)25-11-12-26(38)35-30(25)41/h4,6,8-10,16,25H,11-15,17-19H2,1-3H3,(H,34,39)(H,35,38,41). The summed E-state index contributed by atoms with van der Waals surface area (Å²) in [7, 11) is 0. The van der Waals surface area contributed by atoms with Gasteiger partial charge < -0.3 is 15.0 Å². The first-order chi connectivity index (χ1) is 20.9. The third kappa shape index (κ3) is 6.64. The van der Waals surface area contributed by atoms with Crippen LogP contribution in [0.15, 0.2) is 36.4 Å². The fourth-order valence-electron chi connectivity index (χ4n) is 5.50. The number of nitrogens with zero attached hydrogens (tertiary/aromatic N) is 2. The van der Waals surface area contributed by atoms with Gasteiger partial charge in [0.15, 0.2) is 6.61 Å². The molecule has 5 rings (SSSR count). The second-order valence-corrected chi connectivity index (χ2v) is 12.3. The van der Waals surface area contributed by atoms with Crippen LogP contribution in [0.2, 0.25) is 0 Å². The van der Waals surface area contributed by atoms with Crippen molar-refractivity contribution in [2.45, 2.75) is 59.0 Å². The van der Waals surface area contributed by atoms with E-state index in [2.05, 4.69) is 22.5 Å². The van der Waals surface area contributed by atoms with Crippen LogP contribution in [-0.2, 0) is 32.1 Å². The van der Waals surface area contributed by atoms with Crippen LogP contribution in [0.5, 0.6) is 5.75 Å². The van der Waals surface area contributed by atoms with Gasteiger partial charge in [-0.1, -0.05) is 44.7 Å². The number of benzene rings is 2. The number of imide groups is 2. The first-order valence-corrected chi connectivity index (χ1v) is 14.5. The second kappa shape index (κ2) is 12.3. The highest BCUT2D eigenvalue weighted by molar-refractivity contribution is 6.24. The summed E-state index contributed by atoms with van der Waals surface area (Å²) < 4.78 is 5.69. The second-order valence-electron chi connectivity index (χ2n) is 12.3. The molecule has 2 aromatic rings. The van der Waals surface area contributed by atoms with Gasteiger partial charge in [0.05, 0.1) is 17.7 Å². The van der Waals surface area contributed by atoms with Crippen molar-refractivity contribution in [1.82, 2.24) is 20.4 Å². The van der Waals surface area contributed by atoms with Gasteiger partial charge in [0.2, 0.25) is 17.7 Å². The van der Waals surface area contributed by atoms with Crippen LogP contribution in [0.25, 0.3) is 0 Å². The maximum atomic E-state index is 13.2. The van der Waals surface area contributed by atoms with Gasteiger partial charge in [-0.2, -0.15) is 0 Å². The number of carbonyl (C=O) groups is 6. The zero-order chi connectivity index (χ0) is 31.6. The van der Waals surface area contributed by atoms with Crippen LogP contribution in [-0.4, -0.2) is 71.0 Å². The molecule has 1 unspecified atom stereocenters. The third-order valence-electron chi connectivity index (χ3n) is 7.66. The molecular formula is C33H34N4O7. The van der Waals surface area contributed by atoms with Crippen LogP contribution in [0.1, 0.15) is 77.4 Å². The molecule has 44 heavy (non-hydrogen) atoms. The summed E-state index contributed by atoms with van der Waals surface area (Å²) in [5.74, 6) is 3.50. The van der Waals surface area contributed by atoms with Crippen molar-refractivity contribution < 1.29 is 33.5 Å². The van der Waals surface area contributed by atoms with Gasteiger partial charge in [0.25, 0.3) is 17.7 Å². The van der Waals surface area contributed by atoms with E-state index < -0.39 is 35.6 Å². The van der Waals surface area contributed by atoms with Gasteiger partial charge in [-0.15, -0.1) is 0 Å². The van der Waals surface area contributed by atoms with Crippen LogP contribution < -0.4 is 15.4 Å². The number of fused-ring (bicyclic) bond motifs is 2. The average Bonchev–Trinajstić information content (AvgIpc) is 3.22. The topological polar surface area (TPSA) is 142 Å². The molecule has 11 nitrogen and oxygen atoms in total. The molecule has 3 heterocycles. The van der Waals surface area contributed by atoms with Crippen molar-refractivity contribution in [2.24, 2.45) is 5.41 Å². The smallest absolute Gasteiger partial charge is 0.263 e. The minimum atomic E-state index is -1.06. The molecule has 3 aliphatic heterocycles. The van der Waals surface area contributed by atoms with E-state index in [1.54, 1.807) is 12.1 Å². The number of carbonyl (C=O) groups excluding carboxylic acids is 6. The molecule has 0 spiro atoms. The normalized spacial score (nSPS) is 17.8. The lowest BCUT2D eigenvalue weighted by Gasteiger charge is -2.31. The SMILES string of the molecule is CC(C)(C)CC(=O)N1CCc2ccc(OCC(=O)NCC#Cc3cccc4c3C(=O)N(C3CCC(=O)NC3=O)C4=O)cc2C1. The molecule has 1 atom stereocenters. The Bertz CT molecular complexity index is 1630. The molecule has 2 aromatic carbocycles. The van der Waals surface area contributed by atoms with Gasteiger partial charge in [-0.3, -0.25) is 39.0 Å². The van der Waals surface area contributed by atoms with Crippen LogP contribution in [0.4, 0.5) is 0 Å². The molecule has 0 radical (unpaired) electrons. The number of hydrogen-bond donors (Lipinski definition) is 2. The fourth-order valence-corrected chi connectivity index (χ4v) is 5.50. The monoisotopic (exact) mass is 598 g/mol. The maximum absolute atomic E-state index is 13.2. The van der Waals surface area contributed by atoms with E-state index >= 15 is 0 Å². The number of ether oxygens (including phenoxy) is 1. The van der Waals surface area contributed by atoms with Gasteiger partial charge in [-0.25, -0.2) is 0 Å². The average molecular weight is 599 g/mol. The minimum Gasteiger partial charge on any atom is -0.484 e. The van der Waals surface area contributed by atoms with E-state index in [1.807, 2.05) is 43.9 Å². The molecular weight excluding hydrogens is 564 g/mol. The lowest BCUT2D eigenvalue weighted by molar-refractivity contribution is -0.136. The molecule has 3 aliphatic rings. The number of piperidine rings is 1. The third-order valence-corrected chi connectivity index (χ3v) is 7.66. The quantitative estimate of drug-likeness (QED) is 0.382. The van der Waals surface area contributed by atoms with Crippen molar-refractivity contribution in [3.63, 3.8) is 0 Å². The Hall–Kier alpha value is -4.98. The Labute approximate surface area is 255 Å². The van der Waals surface area contributed by atoms with Crippen molar-refractivity contribution >= 4 is 35.4 Å². The summed E-state index contributed by atoms with van der Waals surface area (Å²) in [5.41, 5.74) is 2.60. The summed E-state index contributed by atoms with van der Waals surface area (Å²) in [6.07, 6.45) is 1.34. The Morgan fingerprint density at radius 3 is 2.59 bits per heavy atom. The molecule has 0 saturated carbocycles. The zero-order valence-corrected chi connectivity index (χ0v) is 25.0. The molecule has 0 bridgehead atoms. The summed E-state index contributed by atoms with van der Waals surface area (Å²) in [4.78, 5) is 77.8. The van der Waals surface area contributed by atoms with E-state index in [0.29, 0.717) is 30.8 Å². The molecule has 0 aliphatic carbocycles. The van der Waals surface area contributed by atoms with E-state index in [-0.39, 0.29) is 48.4 Å². The lowest BCUT2D eigenvalue weighted by atomic mass is 9.90. The molecule has 1 saturated heterocycles. The van der Waals surface area contributed by atoms with E-state index in [9.17, 15) is 28.8 Å². The largest absolute Gasteiger partial charge is 0.484 e. The van der Waals surface area contributed by atoms with Gasteiger partial charge in [-0.05, 0) is 53.6 Å². The van der Waals surface area contributed by atoms with E-state index in [4.69, 9.17) is 4.74 Å². The molecule has 228 valence electrons. The zero-order valence-electron chi connectivity index (χ0n) is 25.0. The summed E-state index contributed by atoms with van der Waals surface area (Å²) in [5, 5.41) is 4.82. The molecule has 1 fully saturated rings. The van der Waals surface area contributed by atoms with E-state index in [0.717, 1.165) is 22.4 Å². The first-order valence-electron chi connectivity index (χ1n) is 14.5. The summed E-state index contributed by atoms with van der Waals surface area (Å²) >= 11 is 0. The number of amides is 6. The lowest BCUT2D eigenvalue weighted by Crippen LogP contribution is -2.54. The van der Waals surface area contributed by atoms with Crippen molar-refractivity contribution in [3.8, 4) is 17.6 Å². The molecule has 0 aromatic heterocycles. The van der Waals surface area contributed by atoms with Crippen molar-refractivity contribution in [2.75, 3.05) is 19.7 Å². The number of nitrogens with one attached hydrogen (secondary N) is 2. The Balaban J connectivity index is 1.15. The predicted octanol–water partition coefficient (Wildman–Crippen LogP) is 1.96. The Morgan fingerprint density at radius 1 is 1.05 bits per heavy atom. The van der Waals surface area contributed by atoms with Crippen molar-refractivity contribution in [3.05, 3.63) is 64.2 Å². The minimum absolute atomic E-state index is 0.0279. The van der Waals surface area contributed by atoms with Crippen molar-refractivity contribution in [1.29, 1.82) is 0 Å². The van der Waals surface area contributed by atoms with Gasteiger partial charge in [0, 0.05) is 31.5 Å². The summed E-state index contributed by atoms with van der Waals surface area (Å²) in [6.45, 7) is 7.05. The Morgan fingerprint density at radius 2 is 1.84 bits per heavy atom. The van der Waals surface area contributed by atoms with E-state index in [1.165, 1.54) is 6.07 Å². The highest BCUT2D eigenvalue weighted by Gasteiger charge is 2.45. The predicted molar refractivity (Wildman–Crippen MR) is 158 cm³/mol. The van der Waals surface area contributed by atoms with Crippen LogP contribution >= 0.6 is 0 Å². The molecule has 2 N–H and O–H groups in total.